The van der Waals surface area contributed by atoms with E-state index in [-0.39, 0.29) is 12.4 Å². The molecule has 5 rings (SSSR count). The van der Waals surface area contributed by atoms with E-state index in [1.54, 1.807) is 13.2 Å². The van der Waals surface area contributed by atoms with Crippen molar-refractivity contribution < 1.29 is 18.4 Å². The topological polar surface area (TPSA) is 76.4 Å². The standard InChI is InChI=1S/C23H23FN4O3S/c1-29-8-9-30-21-14-20-17(12-18(21)24)23(26-25-20)22-13-19(27-31-22)15-2-4-16(5-3-15)28-6-10-32-11-7-28/h2-5,12-14H,6-11H2,1H3,(H,25,26). The highest BCUT2D eigenvalue weighted by Crippen LogP contribution is 2.33. The van der Waals surface area contributed by atoms with Gasteiger partial charge >= 0.3 is 0 Å². The van der Waals surface area contributed by atoms with E-state index < -0.39 is 5.82 Å². The quantitative estimate of drug-likeness (QED) is 0.409. The predicted molar refractivity (Wildman–Crippen MR) is 124 cm³/mol. The van der Waals surface area contributed by atoms with E-state index >= 15 is 0 Å². The summed E-state index contributed by atoms with van der Waals surface area (Å²) in [5.41, 5.74) is 4.03. The number of methoxy groups -OCH3 is 1. The number of halogens is 1. The van der Waals surface area contributed by atoms with Crippen molar-refractivity contribution in [2.45, 2.75) is 0 Å². The van der Waals surface area contributed by atoms with E-state index in [1.807, 2.05) is 30.0 Å². The fraction of sp³-hybridized carbons (Fsp3) is 0.304. The van der Waals surface area contributed by atoms with Gasteiger partial charge in [0.05, 0.1) is 12.1 Å². The van der Waals surface area contributed by atoms with Gasteiger partial charge in [0.1, 0.15) is 18.0 Å². The molecule has 1 saturated heterocycles. The fourth-order valence-corrected chi connectivity index (χ4v) is 4.64. The van der Waals surface area contributed by atoms with Crippen LogP contribution < -0.4 is 9.64 Å². The van der Waals surface area contributed by atoms with Crippen LogP contribution in [0.1, 0.15) is 0 Å². The normalized spacial score (nSPS) is 14.2. The molecule has 1 fully saturated rings. The molecule has 1 N–H and O–H groups in total. The molecule has 1 aliphatic heterocycles. The molecule has 166 valence electrons. The molecule has 0 atom stereocenters. The molecule has 0 aliphatic carbocycles. The molecule has 9 heteroatoms. The first-order valence-corrected chi connectivity index (χ1v) is 11.6. The zero-order valence-corrected chi connectivity index (χ0v) is 18.5. The number of hydrogen-bond donors (Lipinski definition) is 1. The van der Waals surface area contributed by atoms with E-state index in [1.165, 1.54) is 11.8 Å². The maximum atomic E-state index is 14.5. The molecule has 32 heavy (non-hydrogen) atoms. The maximum Gasteiger partial charge on any atom is 0.188 e. The van der Waals surface area contributed by atoms with Crippen LogP contribution in [-0.4, -0.2) is 60.3 Å². The third kappa shape index (κ3) is 4.18. The summed E-state index contributed by atoms with van der Waals surface area (Å²) in [6, 6.07) is 13.1. The summed E-state index contributed by atoms with van der Waals surface area (Å²) in [5.74, 6) is 2.47. The molecule has 3 heterocycles. The van der Waals surface area contributed by atoms with Crippen molar-refractivity contribution in [3.63, 3.8) is 0 Å². The van der Waals surface area contributed by atoms with Crippen molar-refractivity contribution in [1.82, 2.24) is 15.4 Å². The van der Waals surface area contributed by atoms with Gasteiger partial charge in [0.15, 0.2) is 17.3 Å². The monoisotopic (exact) mass is 454 g/mol. The van der Waals surface area contributed by atoms with Gasteiger partial charge in [0, 0.05) is 60.5 Å². The Balaban J connectivity index is 1.37. The number of aromatic amines is 1. The molecule has 2 aromatic heterocycles. The SMILES string of the molecule is COCCOc1cc2[nH]nc(-c3cc(-c4ccc(N5CCSCC5)cc4)no3)c2cc1F. The summed E-state index contributed by atoms with van der Waals surface area (Å²) in [5, 5.41) is 12.0. The Hall–Kier alpha value is -3.04. The van der Waals surface area contributed by atoms with Crippen LogP contribution in [0.4, 0.5) is 10.1 Å². The number of hydrogen-bond acceptors (Lipinski definition) is 7. The number of nitrogens with one attached hydrogen (secondary N) is 1. The van der Waals surface area contributed by atoms with Crippen LogP contribution in [0.15, 0.2) is 47.0 Å². The second-order valence-corrected chi connectivity index (χ2v) is 8.69. The average Bonchev–Trinajstić information content (AvgIpc) is 3.47. The zero-order valence-electron chi connectivity index (χ0n) is 17.6. The van der Waals surface area contributed by atoms with Crippen molar-refractivity contribution in [3.05, 3.63) is 48.3 Å². The number of rotatable bonds is 7. The Bertz CT molecular complexity index is 1200. The number of thioether (sulfide) groups is 1. The fourth-order valence-electron chi connectivity index (χ4n) is 3.74. The van der Waals surface area contributed by atoms with Crippen molar-refractivity contribution in [2.75, 3.05) is 49.8 Å². The van der Waals surface area contributed by atoms with Crippen molar-refractivity contribution in [2.24, 2.45) is 0 Å². The Morgan fingerprint density at radius 2 is 1.94 bits per heavy atom. The van der Waals surface area contributed by atoms with E-state index in [0.717, 1.165) is 30.2 Å². The van der Waals surface area contributed by atoms with Gasteiger partial charge in [-0.05, 0) is 18.2 Å². The Labute approximate surface area is 188 Å². The highest BCUT2D eigenvalue weighted by Gasteiger charge is 2.18. The van der Waals surface area contributed by atoms with E-state index in [0.29, 0.717) is 34.7 Å². The second-order valence-electron chi connectivity index (χ2n) is 7.46. The van der Waals surface area contributed by atoms with Gasteiger partial charge in [0.2, 0.25) is 0 Å². The van der Waals surface area contributed by atoms with Crippen LogP contribution >= 0.6 is 11.8 Å². The van der Waals surface area contributed by atoms with Gasteiger partial charge in [-0.25, -0.2) is 4.39 Å². The lowest BCUT2D eigenvalue weighted by Crippen LogP contribution is -2.32. The number of ether oxygens (including phenoxy) is 2. The highest BCUT2D eigenvalue weighted by atomic mass is 32.2. The number of fused-ring (bicyclic) bond motifs is 1. The first-order chi connectivity index (χ1) is 15.7. The first-order valence-electron chi connectivity index (χ1n) is 10.4. The maximum absolute atomic E-state index is 14.5. The molecular formula is C23H23FN4O3S. The third-order valence-electron chi connectivity index (χ3n) is 5.44. The van der Waals surface area contributed by atoms with Gasteiger partial charge in [0.25, 0.3) is 0 Å². The van der Waals surface area contributed by atoms with Crippen molar-refractivity contribution in [3.8, 4) is 28.5 Å². The van der Waals surface area contributed by atoms with Gasteiger partial charge in [-0.3, -0.25) is 5.10 Å². The molecule has 7 nitrogen and oxygen atoms in total. The molecule has 0 bridgehead atoms. The molecular weight excluding hydrogens is 431 g/mol. The van der Waals surface area contributed by atoms with Crippen LogP contribution in [0.25, 0.3) is 33.6 Å². The minimum absolute atomic E-state index is 0.149. The summed E-state index contributed by atoms with van der Waals surface area (Å²) in [7, 11) is 1.57. The van der Waals surface area contributed by atoms with Crippen LogP contribution in [0, 0.1) is 5.82 Å². The summed E-state index contributed by atoms with van der Waals surface area (Å²) in [4.78, 5) is 2.40. The highest BCUT2D eigenvalue weighted by molar-refractivity contribution is 7.99. The lowest BCUT2D eigenvalue weighted by molar-refractivity contribution is 0.144. The molecule has 0 radical (unpaired) electrons. The predicted octanol–water partition coefficient (Wildman–Crippen LogP) is 4.60. The molecule has 0 amide bonds. The van der Waals surface area contributed by atoms with Crippen molar-refractivity contribution >= 4 is 28.4 Å². The molecule has 0 unspecified atom stereocenters. The Morgan fingerprint density at radius 1 is 1.12 bits per heavy atom. The van der Waals surface area contributed by atoms with Gasteiger partial charge in [-0.1, -0.05) is 17.3 Å². The van der Waals surface area contributed by atoms with E-state index in [4.69, 9.17) is 14.0 Å². The second kappa shape index (κ2) is 9.22. The minimum Gasteiger partial charge on any atom is -0.488 e. The molecule has 0 spiro atoms. The van der Waals surface area contributed by atoms with Gasteiger partial charge in [-0.2, -0.15) is 16.9 Å². The first kappa shape index (κ1) is 20.8. The Kier molecular flexibility index (Phi) is 6.00. The number of benzene rings is 2. The summed E-state index contributed by atoms with van der Waals surface area (Å²) in [6.07, 6.45) is 0. The van der Waals surface area contributed by atoms with E-state index in [9.17, 15) is 4.39 Å². The zero-order chi connectivity index (χ0) is 21.9. The molecule has 0 saturated carbocycles. The van der Waals surface area contributed by atoms with Crippen LogP contribution in [0.5, 0.6) is 5.75 Å². The third-order valence-corrected chi connectivity index (χ3v) is 6.39. The summed E-state index contributed by atoms with van der Waals surface area (Å²) >= 11 is 1.99. The number of nitrogens with zero attached hydrogens (tertiary/aromatic N) is 3. The van der Waals surface area contributed by atoms with Gasteiger partial charge < -0.3 is 18.9 Å². The molecule has 4 aromatic rings. The average molecular weight is 455 g/mol. The van der Waals surface area contributed by atoms with Gasteiger partial charge in [-0.15, -0.1) is 0 Å². The lowest BCUT2D eigenvalue weighted by atomic mass is 10.1. The minimum atomic E-state index is -0.470. The van der Waals surface area contributed by atoms with E-state index in [2.05, 4.69) is 32.4 Å². The molecule has 2 aromatic carbocycles. The Morgan fingerprint density at radius 3 is 2.72 bits per heavy atom. The van der Waals surface area contributed by atoms with Crippen molar-refractivity contribution in [1.29, 1.82) is 0 Å². The number of H-pyrrole nitrogens is 1. The van der Waals surface area contributed by atoms with Crippen LogP contribution in [0.2, 0.25) is 0 Å². The van der Waals surface area contributed by atoms with Crippen LogP contribution in [-0.2, 0) is 4.74 Å². The largest absolute Gasteiger partial charge is 0.488 e. The van der Waals surface area contributed by atoms with Crippen LogP contribution in [0.3, 0.4) is 0 Å². The summed E-state index contributed by atoms with van der Waals surface area (Å²) in [6.45, 7) is 2.78. The smallest absolute Gasteiger partial charge is 0.188 e. The summed E-state index contributed by atoms with van der Waals surface area (Å²) < 4.78 is 30.4. The molecule has 1 aliphatic rings. The lowest BCUT2D eigenvalue weighted by Gasteiger charge is -2.28. The number of anilines is 1. The number of aromatic nitrogens is 3.